The van der Waals surface area contributed by atoms with Gasteiger partial charge in [0, 0.05) is 31.0 Å². The number of hydrogen-bond acceptors (Lipinski definition) is 4. The highest BCUT2D eigenvalue weighted by atomic mass is 16.5. The summed E-state index contributed by atoms with van der Waals surface area (Å²) < 4.78 is 16.4. The predicted molar refractivity (Wildman–Crippen MR) is 116 cm³/mol. The Hall–Kier alpha value is -3.21. The Labute approximate surface area is 177 Å². The number of furan rings is 1. The van der Waals surface area contributed by atoms with Gasteiger partial charge in [-0.1, -0.05) is 12.1 Å². The molecule has 0 bridgehead atoms. The highest BCUT2D eigenvalue weighted by Gasteiger charge is 2.32. The minimum absolute atomic E-state index is 0.177. The van der Waals surface area contributed by atoms with Crippen LogP contribution < -0.4 is 9.47 Å². The van der Waals surface area contributed by atoms with E-state index in [0.29, 0.717) is 25.4 Å². The van der Waals surface area contributed by atoms with Crippen LogP contribution in [0.15, 0.2) is 65.1 Å². The van der Waals surface area contributed by atoms with Gasteiger partial charge in [-0.15, -0.1) is 0 Å². The minimum atomic E-state index is 0.177. The monoisotopic (exact) mass is 405 g/mol. The fraction of sp³-hybridized carbons (Fsp3) is 0.320. The molecule has 0 unspecified atom stereocenters. The van der Waals surface area contributed by atoms with E-state index < -0.39 is 0 Å². The summed E-state index contributed by atoms with van der Waals surface area (Å²) in [5, 5.41) is 0. The molecule has 0 atom stereocenters. The Bertz CT molecular complexity index is 971. The molecule has 0 N–H and O–H groups in total. The third-order valence-electron chi connectivity index (χ3n) is 5.44. The largest absolute Gasteiger partial charge is 0.497 e. The van der Waals surface area contributed by atoms with Crippen LogP contribution >= 0.6 is 0 Å². The van der Waals surface area contributed by atoms with Crippen molar-refractivity contribution >= 4 is 5.91 Å². The van der Waals surface area contributed by atoms with E-state index in [4.69, 9.17) is 13.9 Å². The molecule has 5 nitrogen and oxygen atoms in total. The molecule has 0 spiro atoms. The van der Waals surface area contributed by atoms with Crippen LogP contribution in [0, 0.1) is 0 Å². The average molecular weight is 405 g/mol. The number of rotatable bonds is 9. The molecule has 5 heteroatoms. The summed E-state index contributed by atoms with van der Waals surface area (Å²) in [7, 11) is 3.31. The van der Waals surface area contributed by atoms with Crippen LogP contribution in [0.3, 0.4) is 0 Å². The summed E-state index contributed by atoms with van der Waals surface area (Å²) in [5.74, 6) is 3.45. The molecule has 1 fully saturated rings. The fourth-order valence-electron chi connectivity index (χ4n) is 3.53. The summed E-state index contributed by atoms with van der Waals surface area (Å²) in [4.78, 5) is 14.9. The number of ether oxygens (including phenoxy) is 2. The smallest absolute Gasteiger partial charge is 0.223 e. The molecule has 1 aliphatic rings. The van der Waals surface area contributed by atoms with Gasteiger partial charge in [-0.2, -0.15) is 0 Å². The number of aryl methyl sites for hydroxylation is 1. The Morgan fingerprint density at radius 1 is 0.933 bits per heavy atom. The van der Waals surface area contributed by atoms with Crippen LogP contribution in [0.2, 0.25) is 0 Å². The molecule has 1 aliphatic carbocycles. The lowest BCUT2D eigenvalue weighted by Crippen LogP contribution is -2.32. The number of methoxy groups -OCH3 is 2. The quantitative estimate of drug-likeness (QED) is 0.498. The highest BCUT2D eigenvalue weighted by molar-refractivity contribution is 5.77. The van der Waals surface area contributed by atoms with Gasteiger partial charge < -0.3 is 18.8 Å². The van der Waals surface area contributed by atoms with Crippen molar-refractivity contribution in [1.82, 2.24) is 4.90 Å². The van der Waals surface area contributed by atoms with E-state index in [1.54, 1.807) is 14.2 Å². The fourth-order valence-corrected chi connectivity index (χ4v) is 3.53. The average Bonchev–Trinajstić information content (AvgIpc) is 3.53. The zero-order chi connectivity index (χ0) is 20.9. The van der Waals surface area contributed by atoms with E-state index in [-0.39, 0.29) is 5.91 Å². The molecule has 0 radical (unpaired) electrons. The number of nitrogens with zero attached hydrogens (tertiary/aromatic N) is 1. The first-order valence-corrected chi connectivity index (χ1v) is 10.3. The summed E-state index contributed by atoms with van der Waals surface area (Å²) >= 11 is 0. The molecule has 156 valence electrons. The second-order valence-corrected chi connectivity index (χ2v) is 7.60. The molecule has 1 heterocycles. The van der Waals surface area contributed by atoms with Crippen LogP contribution in [-0.4, -0.2) is 31.1 Å². The molecule has 1 saturated carbocycles. The van der Waals surface area contributed by atoms with Crippen molar-refractivity contribution in [1.29, 1.82) is 0 Å². The van der Waals surface area contributed by atoms with Crippen molar-refractivity contribution in [3.8, 4) is 22.8 Å². The molecular weight excluding hydrogens is 378 g/mol. The van der Waals surface area contributed by atoms with Crippen molar-refractivity contribution in [3.05, 3.63) is 72.0 Å². The van der Waals surface area contributed by atoms with Crippen LogP contribution in [0.1, 0.15) is 30.6 Å². The van der Waals surface area contributed by atoms with Crippen molar-refractivity contribution in [3.63, 3.8) is 0 Å². The maximum absolute atomic E-state index is 12.9. The number of amides is 1. The van der Waals surface area contributed by atoms with E-state index >= 15 is 0 Å². The molecule has 0 aliphatic heterocycles. The van der Waals surface area contributed by atoms with Crippen molar-refractivity contribution < 1.29 is 18.7 Å². The lowest BCUT2D eigenvalue weighted by atomic mass is 10.1. The van der Waals surface area contributed by atoms with Gasteiger partial charge in [0.25, 0.3) is 0 Å². The molecule has 2 aromatic carbocycles. The third-order valence-corrected chi connectivity index (χ3v) is 5.44. The molecule has 4 rings (SSSR count). The molecule has 1 aromatic heterocycles. The second kappa shape index (κ2) is 9.08. The van der Waals surface area contributed by atoms with Crippen LogP contribution in [0.25, 0.3) is 11.3 Å². The summed E-state index contributed by atoms with van der Waals surface area (Å²) in [6.07, 6.45) is 3.22. The zero-order valence-corrected chi connectivity index (χ0v) is 17.5. The SMILES string of the molecule is COc1ccc(CN(C(=O)CCc2ccc(-c3ccc(OC)cc3)o2)C2CC2)cc1. The standard InChI is InChI=1S/C25H27NO4/c1-28-21-9-3-18(4-10-21)17-26(20-7-8-20)25(27)16-14-23-13-15-24(30-23)19-5-11-22(29-2)12-6-19/h3-6,9-13,15,20H,7-8,14,16-17H2,1-2H3. The van der Waals surface area contributed by atoms with Gasteiger partial charge in [-0.3, -0.25) is 4.79 Å². The first-order chi connectivity index (χ1) is 14.7. The zero-order valence-electron chi connectivity index (χ0n) is 17.5. The highest BCUT2D eigenvalue weighted by Crippen LogP contribution is 2.30. The van der Waals surface area contributed by atoms with Gasteiger partial charge in [-0.25, -0.2) is 0 Å². The van der Waals surface area contributed by atoms with Gasteiger partial charge in [0.1, 0.15) is 23.0 Å². The number of carbonyl (C=O) groups is 1. The summed E-state index contributed by atoms with van der Waals surface area (Å²) in [6.45, 7) is 0.642. The maximum Gasteiger partial charge on any atom is 0.223 e. The van der Waals surface area contributed by atoms with Gasteiger partial charge >= 0.3 is 0 Å². The van der Waals surface area contributed by atoms with Crippen molar-refractivity contribution in [2.75, 3.05) is 14.2 Å². The van der Waals surface area contributed by atoms with E-state index in [0.717, 1.165) is 47.0 Å². The molecular formula is C25H27NO4. The van der Waals surface area contributed by atoms with Gasteiger partial charge in [0.15, 0.2) is 0 Å². The predicted octanol–water partition coefficient (Wildman–Crippen LogP) is 5.09. The van der Waals surface area contributed by atoms with Crippen molar-refractivity contribution in [2.24, 2.45) is 0 Å². The summed E-state index contributed by atoms with van der Waals surface area (Å²) in [5.41, 5.74) is 2.11. The first kappa shape index (κ1) is 20.1. The molecule has 1 amide bonds. The number of hydrogen-bond donors (Lipinski definition) is 0. The Morgan fingerprint density at radius 3 is 2.17 bits per heavy atom. The normalized spacial score (nSPS) is 13.1. The van der Waals surface area contributed by atoms with E-state index in [2.05, 4.69) is 0 Å². The van der Waals surface area contributed by atoms with Gasteiger partial charge in [-0.05, 0) is 66.9 Å². The Balaban J connectivity index is 1.36. The number of carbonyl (C=O) groups excluding carboxylic acids is 1. The minimum Gasteiger partial charge on any atom is -0.497 e. The topological polar surface area (TPSA) is 51.9 Å². The molecule has 0 saturated heterocycles. The maximum atomic E-state index is 12.9. The van der Waals surface area contributed by atoms with Crippen LogP contribution in [-0.2, 0) is 17.8 Å². The van der Waals surface area contributed by atoms with Crippen LogP contribution in [0.4, 0.5) is 0 Å². The Morgan fingerprint density at radius 2 is 1.57 bits per heavy atom. The second-order valence-electron chi connectivity index (χ2n) is 7.60. The molecule has 30 heavy (non-hydrogen) atoms. The summed E-state index contributed by atoms with van der Waals surface area (Å²) in [6, 6.07) is 20.0. The first-order valence-electron chi connectivity index (χ1n) is 10.3. The van der Waals surface area contributed by atoms with E-state index in [1.807, 2.05) is 65.6 Å². The van der Waals surface area contributed by atoms with E-state index in [1.165, 1.54) is 0 Å². The third kappa shape index (κ3) is 4.85. The lowest BCUT2D eigenvalue weighted by Gasteiger charge is -2.22. The van der Waals surface area contributed by atoms with Gasteiger partial charge in [0.05, 0.1) is 14.2 Å². The van der Waals surface area contributed by atoms with Crippen molar-refractivity contribution in [2.45, 2.75) is 38.3 Å². The molecule has 3 aromatic rings. The number of benzene rings is 2. The Kier molecular flexibility index (Phi) is 6.07. The lowest BCUT2D eigenvalue weighted by molar-refractivity contribution is -0.132. The van der Waals surface area contributed by atoms with E-state index in [9.17, 15) is 4.79 Å². The van der Waals surface area contributed by atoms with Crippen LogP contribution in [0.5, 0.6) is 11.5 Å². The van der Waals surface area contributed by atoms with Gasteiger partial charge in [0.2, 0.25) is 5.91 Å².